The molecule has 0 aromatic heterocycles. The van der Waals surface area contributed by atoms with Crippen molar-refractivity contribution < 1.29 is 28.2 Å². The molecule has 0 bridgehead atoms. The predicted octanol–water partition coefficient (Wildman–Crippen LogP) is 2.90. The Kier molecular flexibility index (Phi) is 6.11. The van der Waals surface area contributed by atoms with Crippen LogP contribution in [0.5, 0.6) is 5.75 Å². The fourth-order valence-corrected chi connectivity index (χ4v) is 3.05. The van der Waals surface area contributed by atoms with Gasteiger partial charge in [0.15, 0.2) is 12.7 Å². The molecular weight excluding hydrogens is 379 g/mol. The highest BCUT2D eigenvalue weighted by Gasteiger charge is 2.30. The molecule has 1 aliphatic rings. The van der Waals surface area contributed by atoms with Gasteiger partial charge in [-0.1, -0.05) is 12.1 Å². The number of hydrogen-bond acceptors (Lipinski definition) is 5. The summed E-state index contributed by atoms with van der Waals surface area (Å²) in [5.41, 5.74) is 1.07. The standard InChI is InChI=1S/C21H21FN2O5/c1-13-11-19(25)23-17-5-3-4-6-18(17)24(13)20(26)12-28-21(27)14(2)29-16-9-7-15(22)8-10-16/h3-10,13-14H,11-12H2,1-2H3,(H,23,25)/t13-,14+/m1/s1. The molecule has 0 unspecified atom stereocenters. The fraction of sp³-hybridized carbons (Fsp3) is 0.286. The van der Waals surface area contributed by atoms with Crippen LogP contribution >= 0.6 is 0 Å². The van der Waals surface area contributed by atoms with Gasteiger partial charge in [0.1, 0.15) is 11.6 Å². The van der Waals surface area contributed by atoms with E-state index in [1.807, 2.05) is 0 Å². The first kappa shape index (κ1) is 20.3. The van der Waals surface area contributed by atoms with Gasteiger partial charge in [-0.2, -0.15) is 0 Å². The Bertz CT molecular complexity index is 916. The van der Waals surface area contributed by atoms with Gasteiger partial charge in [0, 0.05) is 12.5 Å². The average Bonchev–Trinajstić information content (AvgIpc) is 2.81. The van der Waals surface area contributed by atoms with E-state index in [4.69, 9.17) is 9.47 Å². The lowest BCUT2D eigenvalue weighted by Gasteiger charge is -2.27. The van der Waals surface area contributed by atoms with Crippen molar-refractivity contribution in [2.45, 2.75) is 32.4 Å². The zero-order valence-corrected chi connectivity index (χ0v) is 16.1. The number of anilines is 2. The Hall–Kier alpha value is -3.42. The van der Waals surface area contributed by atoms with Gasteiger partial charge in [-0.05, 0) is 50.2 Å². The van der Waals surface area contributed by atoms with E-state index in [9.17, 15) is 18.8 Å². The molecular formula is C21H21FN2O5. The number of halogens is 1. The number of nitrogens with zero attached hydrogens (tertiary/aromatic N) is 1. The quantitative estimate of drug-likeness (QED) is 0.780. The third-order valence-corrected chi connectivity index (χ3v) is 4.42. The van der Waals surface area contributed by atoms with E-state index in [-0.39, 0.29) is 12.3 Å². The zero-order chi connectivity index (χ0) is 21.0. The molecule has 0 radical (unpaired) electrons. The minimum atomic E-state index is -0.981. The van der Waals surface area contributed by atoms with Crippen LogP contribution in [0.3, 0.4) is 0 Å². The molecule has 0 saturated heterocycles. The molecule has 0 spiro atoms. The lowest BCUT2D eigenvalue weighted by atomic mass is 10.1. The van der Waals surface area contributed by atoms with Crippen molar-refractivity contribution >= 4 is 29.2 Å². The summed E-state index contributed by atoms with van der Waals surface area (Å²) in [6, 6.07) is 11.7. The molecule has 1 heterocycles. The Morgan fingerprint density at radius 3 is 2.62 bits per heavy atom. The summed E-state index contributed by atoms with van der Waals surface area (Å²) in [6.45, 7) is 2.73. The van der Waals surface area contributed by atoms with Crippen LogP contribution in [-0.4, -0.2) is 36.5 Å². The molecule has 152 valence electrons. The van der Waals surface area contributed by atoms with Crippen LogP contribution in [0.25, 0.3) is 0 Å². The monoisotopic (exact) mass is 400 g/mol. The number of benzene rings is 2. The van der Waals surface area contributed by atoms with Crippen molar-refractivity contribution in [1.82, 2.24) is 0 Å². The van der Waals surface area contributed by atoms with Crippen LogP contribution in [0, 0.1) is 5.82 Å². The van der Waals surface area contributed by atoms with E-state index in [0.717, 1.165) is 0 Å². The second-order valence-corrected chi connectivity index (χ2v) is 6.70. The molecule has 3 rings (SSSR count). The Balaban J connectivity index is 1.64. The molecule has 2 aromatic rings. The summed E-state index contributed by atoms with van der Waals surface area (Å²) in [6.07, 6.45) is -0.858. The number of esters is 1. The predicted molar refractivity (Wildman–Crippen MR) is 104 cm³/mol. The lowest BCUT2D eigenvalue weighted by molar-refractivity contribution is -0.154. The summed E-state index contributed by atoms with van der Waals surface area (Å²) >= 11 is 0. The summed E-state index contributed by atoms with van der Waals surface area (Å²) in [7, 11) is 0. The molecule has 2 amide bonds. The number of hydrogen-bond donors (Lipinski definition) is 1. The maximum atomic E-state index is 12.9. The second kappa shape index (κ2) is 8.72. The third-order valence-electron chi connectivity index (χ3n) is 4.42. The zero-order valence-electron chi connectivity index (χ0n) is 16.1. The van der Waals surface area contributed by atoms with Crippen molar-refractivity contribution in [1.29, 1.82) is 0 Å². The lowest BCUT2D eigenvalue weighted by Crippen LogP contribution is -2.42. The molecule has 8 heteroatoms. The van der Waals surface area contributed by atoms with Crippen molar-refractivity contribution in [3.63, 3.8) is 0 Å². The Morgan fingerprint density at radius 1 is 1.21 bits per heavy atom. The summed E-state index contributed by atoms with van der Waals surface area (Å²) in [5, 5.41) is 2.76. The SMILES string of the molecule is C[C@H](Oc1ccc(F)cc1)C(=O)OCC(=O)N1c2ccccc2NC(=O)C[C@H]1C. The highest BCUT2D eigenvalue weighted by atomic mass is 19.1. The van der Waals surface area contributed by atoms with Crippen LogP contribution in [0.15, 0.2) is 48.5 Å². The van der Waals surface area contributed by atoms with Crippen molar-refractivity contribution in [3.05, 3.63) is 54.3 Å². The molecule has 29 heavy (non-hydrogen) atoms. The second-order valence-electron chi connectivity index (χ2n) is 6.70. The van der Waals surface area contributed by atoms with E-state index < -0.39 is 36.4 Å². The highest BCUT2D eigenvalue weighted by molar-refractivity contribution is 6.05. The molecule has 2 aromatic carbocycles. The number of amides is 2. The molecule has 1 aliphatic heterocycles. The average molecular weight is 400 g/mol. The van der Waals surface area contributed by atoms with Gasteiger partial charge in [-0.25, -0.2) is 9.18 Å². The normalized spacial score (nSPS) is 16.9. The van der Waals surface area contributed by atoms with Crippen LogP contribution in [0.4, 0.5) is 15.8 Å². The van der Waals surface area contributed by atoms with E-state index >= 15 is 0 Å². The minimum Gasteiger partial charge on any atom is -0.479 e. The van der Waals surface area contributed by atoms with Gasteiger partial charge in [-0.15, -0.1) is 0 Å². The van der Waals surface area contributed by atoms with Crippen molar-refractivity contribution in [2.24, 2.45) is 0 Å². The summed E-state index contributed by atoms with van der Waals surface area (Å²) in [4.78, 5) is 38.4. The van der Waals surface area contributed by atoms with E-state index in [2.05, 4.69) is 5.32 Å². The fourth-order valence-electron chi connectivity index (χ4n) is 3.05. The van der Waals surface area contributed by atoms with Gasteiger partial charge in [-0.3, -0.25) is 9.59 Å². The molecule has 7 nitrogen and oxygen atoms in total. The smallest absolute Gasteiger partial charge is 0.347 e. The number of para-hydroxylation sites is 2. The molecule has 0 fully saturated rings. The third kappa shape index (κ3) is 4.90. The number of ether oxygens (including phenoxy) is 2. The topological polar surface area (TPSA) is 84.9 Å². The number of fused-ring (bicyclic) bond motifs is 1. The van der Waals surface area contributed by atoms with E-state index in [1.165, 1.54) is 36.1 Å². The number of carbonyl (C=O) groups excluding carboxylic acids is 3. The molecule has 0 saturated carbocycles. The first-order valence-electron chi connectivity index (χ1n) is 9.15. The first-order valence-corrected chi connectivity index (χ1v) is 9.15. The van der Waals surface area contributed by atoms with Gasteiger partial charge in [0.2, 0.25) is 5.91 Å². The van der Waals surface area contributed by atoms with Crippen LogP contribution in [0.1, 0.15) is 20.3 Å². The maximum Gasteiger partial charge on any atom is 0.347 e. The first-order chi connectivity index (χ1) is 13.8. The van der Waals surface area contributed by atoms with Gasteiger partial charge in [0.05, 0.1) is 11.4 Å². The van der Waals surface area contributed by atoms with Gasteiger partial charge >= 0.3 is 5.97 Å². The Morgan fingerprint density at radius 2 is 1.90 bits per heavy atom. The van der Waals surface area contributed by atoms with E-state index in [1.54, 1.807) is 31.2 Å². The molecule has 0 aliphatic carbocycles. The van der Waals surface area contributed by atoms with Crippen LogP contribution in [-0.2, 0) is 19.1 Å². The summed E-state index contributed by atoms with van der Waals surface area (Å²) < 4.78 is 23.5. The van der Waals surface area contributed by atoms with Gasteiger partial charge < -0.3 is 19.7 Å². The van der Waals surface area contributed by atoms with Crippen LogP contribution in [0.2, 0.25) is 0 Å². The highest BCUT2D eigenvalue weighted by Crippen LogP contribution is 2.31. The molecule has 2 atom stereocenters. The summed E-state index contributed by atoms with van der Waals surface area (Å²) in [5.74, 6) is -1.49. The maximum absolute atomic E-state index is 12.9. The largest absolute Gasteiger partial charge is 0.479 e. The molecule has 1 N–H and O–H groups in total. The number of carbonyl (C=O) groups is 3. The van der Waals surface area contributed by atoms with Gasteiger partial charge in [0.25, 0.3) is 5.91 Å². The number of nitrogens with one attached hydrogen (secondary N) is 1. The van der Waals surface area contributed by atoms with Crippen molar-refractivity contribution in [3.8, 4) is 5.75 Å². The number of rotatable bonds is 5. The minimum absolute atomic E-state index is 0.123. The van der Waals surface area contributed by atoms with Crippen LogP contribution < -0.4 is 15.0 Å². The van der Waals surface area contributed by atoms with Crippen molar-refractivity contribution in [2.75, 3.05) is 16.8 Å². The van der Waals surface area contributed by atoms with E-state index in [0.29, 0.717) is 17.1 Å². The Labute approximate surface area is 167 Å².